The van der Waals surface area contributed by atoms with Gasteiger partial charge in [-0.2, -0.15) is 0 Å². The van der Waals surface area contributed by atoms with E-state index in [1.807, 2.05) is 0 Å². The molecule has 0 saturated heterocycles. The second-order valence-corrected chi connectivity index (χ2v) is 5.22. The largest absolute Gasteiger partial charge is 0.0654 e. The van der Waals surface area contributed by atoms with E-state index < -0.39 is 0 Å². The SMILES string of the molecule is CCCCCc1c(C)cc(I)cc1C. The standard InChI is InChI=1S/C13H19I/c1-4-5-6-7-13-10(2)8-12(14)9-11(13)3/h8-9H,4-7H2,1-3H3. The predicted molar refractivity (Wildman–Crippen MR) is 71.9 cm³/mol. The lowest BCUT2D eigenvalue weighted by molar-refractivity contribution is 0.713. The van der Waals surface area contributed by atoms with Crippen molar-refractivity contribution < 1.29 is 0 Å². The van der Waals surface area contributed by atoms with Gasteiger partial charge in [-0.25, -0.2) is 0 Å². The van der Waals surface area contributed by atoms with Crippen molar-refractivity contribution in [3.05, 3.63) is 32.4 Å². The van der Waals surface area contributed by atoms with Crippen molar-refractivity contribution in [2.75, 3.05) is 0 Å². The molecule has 0 atom stereocenters. The third-order valence-electron chi connectivity index (χ3n) is 2.69. The van der Waals surface area contributed by atoms with Crippen LogP contribution in [0, 0.1) is 17.4 Å². The third-order valence-corrected chi connectivity index (χ3v) is 3.31. The van der Waals surface area contributed by atoms with Crippen molar-refractivity contribution >= 4 is 22.6 Å². The van der Waals surface area contributed by atoms with Crippen LogP contribution in [-0.2, 0) is 6.42 Å². The molecule has 0 aliphatic heterocycles. The molecule has 0 saturated carbocycles. The van der Waals surface area contributed by atoms with Crippen LogP contribution in [0.1, 0.15) is 42.9 Å². The normalized spacial score (nSPS) is 10.6. The van der Waals surface area contributed by atoms with Crippen molar-refractivity contribution in [2.24, 2.45) is 0 Å². The zero-order chi connectivity index (χ0) is 10.6. The first-order chi connectivity index (χ1) is 6.65. The van der Waals surface area contributed by atoms with Gasteiger partial charge in [0.05, 0.1) is 0 Å². The highest BCUT2D eigenvalue weighted by atomic mass is 127. The molecule has 0 spiro atoms. The number of hydrogen-bond acceptors (Lipinski definition) is 0. The van der Waals surface area contributed by atoms with E-state index in [0.29, 0.717) is 0 Å². The molecule has 1 aromatic carbocycles. The molecule has 0 unspecified atom stereocenters. The van der Waals surface area contributed by atoms with E-state index in [4.69, 9.17) is 0 Å². The van der Waals surface area contributed by atoms with E-state index in [0.717, 1.165) is 0 Å². The lowest BCUT2D eigenvalue weighted by atomic mass is 9.98. The van der Waals surface area contributed by atoms with E-state index in [-0.39, 0.29) is 0 Å². The van der Waals surface area contributed by atoms with E-state index in [9.17, 15) is 0 Å². The molecule has 0 aliphatic rings. The highest BCUT2D eigenvalue weighted by Gasteiger charge is 2.03. The predicted octanol–water partition coefficient (Wildman–Crippen LogP) is 4.64. The Morgan fingerprint density at radius 2 is 1.64 bits per heavy atom. The van der Waals surface area contributed by atoms with Gasteiger partial charge in [0.2, 0.25) is 0 Å². The van der Waals surface area contributed by atoms with Crippen LogP contribution in [0.2, 0.25) is 0 Å². The maximum Gasteiger partial charge on any atom is 0.0135 e. The van der Waals surface area contributed by atoms with Crippen molar-refractivity contribution in [1.82, 2.24) is 0 Å². The Hall–Kier alpha value is -0.0500. The summed E-state index contributed by atoms with van der Waals surface area (Å²) in [5.41, 5.74) is 4.50. The van der Waals surface area contributed by atoms with Gasteiger partial charge in [-0.1, -0.05) is 19.8 Å². The van der Waals surface area contributed by atoms with Crippen LogP contribution in [0.5, 0.6) is 0 Å². The summed E-state index contributed by atoms with van der Waals surface area (Å²) in [5.74, 6) is 0. The summed E-state index contributed by atoms with van der Waals surface area (Å²) >= 11 is 2.39. The van der Waals surface area contributed by atoms with Crippen LogP contribution in [-0.4, -0.2) is 0 Å². The van der Waals surface area contributed by atoms with Crippen LogP contribution in [0.15, 0.2) is 12.1 Å². The minimum Gasteiger partial charge on any atom is -0.0654 e. The molecule has 0 heterocycles. The summed E-state index contributed by atoms with van der Waals surface area (Å²) in [6.07, 6.45) is 5.24. The van der Waals surface area contributed by atoms with Gasteiger partial charge < -0.3 is 0 Å². The van der Waals surface area contributed by atoms with E-state index in [2.05, 4.69) is 55.5 Å². The second kappa shape index (κ2) is 5.74. The van der Waals surface area contributed by atoms with Gasteiger partial charge in [-0.05, 0) is 78.1 Å². The fourth-order valence-electron chi connectivity index (χ4n) is 1.89. The topological polar surface area (TPSA) is 0 Å². The molecule has 0 aromatic heterocycles. The van der Waals surface area contributed by atoms with Crippen LogP contribution >= 0.6 is 22.6 Å². The molecule has 0 fully saturated rings. The molecule has 0 aliphatic carbocycles. The molecule has 1 heteroatoms. The average molecular weight is 302 g/mol. The van der Waals surface area contributed by atoms with Gasteiger partial charge in [0, 0.05) is 3.57 Å². The lowest BCUT2D eigenvalue weighted by Crippen LogP contribution is -1.95. The number of unbranched alkanes of at least 4 members (excludes halogenated alkanes) is 2. The van der Waals surface area contributed by atoms with Gasteiger partial charge in [0.15, 0.2) is 0 Å². The lowest BCUT2D eigenvalue weighted by Gasteiger charge is -2.10. The summed E-state index contributed by atoms with van der Waals surface area (Å²) in [6, 6.07) is 4.57. The first-order valence-electron chi connectivity index (χ1n) is 5.40. The maximum atomic E-state index is 2.39. The number of rotatable bonds is 4. The first kappa shape index (κ1) is 12.0. The Morgan fingerprint density at radius 3 is 2.14 bits per heavy atom. The van der Waals surface area contributed by atoms with Crippen LogP contribution < -0.4 is 0 Å². The summed E-state index contributed by atoms with van der Waals surface area (Å²) in [4.78, 5) is 0. The molecule has 0 radical (unpaired) electrons. The van der Waals surface area contributed by atoms with Crippen molar-refractivity contribution in [3.8, 4) is 0 Å². The van der Waals surface area contributed by atoms with Gasteiger partial charge >= 0.3 is 0 Å². The zero-order valence-electron chi connectivity index (χ0n) is 9.36. The van der Waals surface area contributed by atoms with Gasteiger partial charge in [0.25, 0.3) is 0 Å². The molecule has 0 N–H and O–H groups in total. The summed E-state index contributed by atoms with van der Waals surface area (Å²) in [7, 11) is 0. The Bertz CT molecular complexity index is 279. The molecule has 0 nitrogen and oxygen atoms in total. The van der Waals surface area contributed by atoms with Gasteiger partial charge in [-0.3, -0.25) is 0 Å². The van der Waals surface area contributed by atoms with Crippen molar-refractivity contribution in [1.29, 1.82) is 0 Å². The summed E-state index contributed by atoms with van der Waals surface area (Å²) < 4.78 is 1.36. The fourth-order valence-corrected chi connectivity index (χ4v) is 2.82. The monoisotopic (exact) mass is 302 g/mol. The van der Waals surface area contributed by atoms with E-state index >= 15 is 0 Å². The quantitative estimate of drug-likeness (QED) is 0.561. The summed E-state index contributed by atoms with van der Waals surface area (Å²) in [6.45, 7) is 6.72. The van der Waals surface area contributed by atoms with E-state index in [1.165, 1.54) is 40.4 Å². The first-order valence-corrected chi connectivity index (χ1v) is 6.48. The number of aryl methyl sites for hydroxylation is 2. The smallest absolute Gasteiger partial charge is 0.0135 e. The van der Waals surface area contributed by atoms with Crippen molar-refractivity contribution in [2.45, 2.75) is 46.5 Å². The fraction of sp³-hybridized carbons (Fsp3) is 0.538. The minimum atomic E-state index is 1.25. The average Bonchev–Trinajstić information content (AvgIpc) is 2.09. The Kier molecular flexibility index (Phi) is 4.93. The molecule has 1 aromatic rings. The molecule has 0 amide bonds. The van der Waals surface area contributed by atoms with Gasteiger partial charge in [0.1, 0.15) is 0 Å². The van der Waals surface area contributed by atoms with Crippen molar-refractivity contribution in [3.63, 3.8) is 0 Å². The Morgan fingerprint density at radius 1 is 1.07 bits per heavy atom. The number of halogens is 1. The Labute approximate surface area is 101 Å². The molecular formula is C13H19I. The second-order valence-electron chi connectivity index (χ2n) is 3.98. The maximum absolute atomic E-state index is 2.39. The van der Waals surface area contributed by atoms with Crippen LogP contribution in [0.3, 0.4) is 0 Å². The molecule has 14 heavy (non-hydrogen) atoms. The zero-order valence-corrected chi connectivity index (χ0v) is 11.5. The molecule has 78 valence electrons. The van der Waals surface area contributed by atoms with Crippen LogP contribution in [0.4, 0.5) is 0 Å². The third kappa shape index (κ3) is 3.26. The molecule has 0 bridgehead atoms. The number of benzene rings is 1. The Balaban J connectivity index is 2.75. The highest BCUT2D eigenvalue weighted by Crippen LogP contribution is 2.20. The van der Waals surface area contributed by atoms with E-state index in [1.54, 1.807) is 5.56 Å². The number of hydrogen-bond donors (Lipinski definition) is 0. The summed E-state index contributed by atoms with van der Waals surface area (Å²) in [5, 5.41) is 0. The molecular weight excluding hydrogens is 283 g/mol. The van der Waals surface area contributed by atoms with Crippen LogP contribution in [0.25, 0.3) is 0 Å². The molecule has 1 rings (SSSR count). The highest BCUT2D eigenvalue weighted by molar-refractivity contribution is 14.1. The minimum absolute atomic E-state index is 1.25. The van der Waals surface area contributed by atoms with Gasteiger partial charge in [-0.15, -0.1) is 0 Å².